The highest BCUT2D eigenvalue weighted by molar-refractivity contribution is 5.85. The molecule has 26 heavy (non-hydrogen) atoms. The van der Waals surface area contributed by atoms with Crippen LogP contribution in [-0.4, -0.2) is 12.8 Å². The molecular weight excluding hydrogens is 344 g/mol. The molecule has 2 aromatic rings. The highest BCUT2D eigenvalue weighted by atomic mass is 19.4. The lowest BCUT2D eigenvalue weighted by Gasteiger charge is -2.27. The first-order valence-electron chi connectivity index (χ1n) is 8.92. The first-order chi connectivity index (χ1) is 12.4. The maximum Gasteiger partial charge on any atom is 0.422 e. The molecule has 0 spiro atoms. The van der Waals surface area contributed by atoms with E-state index in [-0.39, 0.29) is 11.1 Å². The lowest BCUT2D eigenvalue weighted by molar-refractivity contribution is -0.153. The van der Waals surface area contributed by atoms with Crippen molar-refractivity contribution in [1.82, 2.24) is 0 Å². The van der Waals surface area contributed by atoms with Crippen molar-refractivity contribution in [3.8, 4) is 5.75 Å². The van der Waals surface area contributed by atoms with Gasteiger partial charge in [-0.3, -0.25) is 0 Å². The summed E-state index contributed by atoms with van der Waals surface area (Å²) in [5, 5.41) is 0.978. The largest absolute Gasteiger partial charge is 0.481 e. The minimum absolute atomic E-state index is 0.288. The van der Waals surface area contributed by atoms with Gasteiger partial charge in [0.2, 0.25) is 0 Å². The number of benzene rings is 2. The Hall–Kier alpha value is -2.04. The third-order valence-corrected chi connectivity index (χ3v) is 5.04. The summed E-state index contributed by atoms with van der Waals surface area (Å²) in [6, 6.07) is 8.39. The van der Waals surface area contributed by atoms with Gasteiger partial charge in [0.25, 0.3) is 0 Å². The summed E-state index contributed by atoms with van der Waals surface area (Å²) in [5.41, 5.74) is 1.17. The smallest absolute Gasteiger partial charge is 0.422 e. The van der Waals surface area contributed by atoms with Crippen LogP contribution in [0.4, 0.5) is 17.6 Å². The second-order valence-corrected chi connectivity index (χ2v) is 6.90. The van der Waals surface area contributed by atoms with E-state index >= 15 is 0 Å². The van der Waals surface area contributed by atoms with Gasteiger partial charge < -0.3 is 4.74 Å². The molecule has 1 aliphatic carbocycles. The molecule has 0 aliphatic heterocycles. The SMILES string of the molecule is C/C=C/C1CCC(c2ccc3c(F)c(OCC(F)(F)F)ccc3c2)CC1. The summed E-state index contributed by atoms with van der Waals surface area (Å²) >= 11 is 0. The van der Waals surface area contributed by atoms with Gasteiger partial charge in [-0.2, -0.15) is 13.2 Å². The van der Waals surface area contributed by atoms with E-state index in [0.717, 1.165) is 25.7 Å². The highest BCUT2D eigenvalue weighted by Gasteiger charge is 2.29. The van der Waals surface area contributed by atoms with Crippen molar-refractivity contribution in [2.75, 3.05) is 6.61 Å². The Labute approximate surface area is 150 Å². The summed E-state index contributed by atoms with van der Waals surface area (Å²) < 4.78 is 55.8. The first kappa shape index (κ1) is 18.7. The molecule has 0 amide bonds. The van der Waals surface area contributed by atoms with Crippen LogP contribution < -0.4 is 4.74 Å². The summed E-state index contributed by atoms with van der Waals surface area (Å²) in [7, 11) is 0. The predicted octanol–water partition coefficient (Wildman–Crippen LogP) is 6.77. The number of hydrogen-bond acceptors (Lipinski definition) is 1. The molecule has 0 saturated heterocycles. The first-order valence-corrected chi connectivity index (χ1v) is 8.92. The fourth-order valence-corrected chi connectivity index (χ4v) is 3.73. The van der Waals surface area contributed by atoms with E-state index in [1.165, 1.54) is 11.6 Å². The van der Waals surface area contributed by atoms with Crippen LogP contribution in [0.15, 0.2) is 42.5 Å². The van der Waals surface area contributed by atoms with Crippen molar-refractivity contribution in [3.05, 3.63) is 53.9 Å². The van der Waals surface area contributed by atoms with Gasteiger partial charge in [0.1, 0.15) is 0 Å². The van der Waals surface area contributed by atoms with E-state index in [9.17, 15) is 17.6 Å². The number of ether oxygens (including phenoxy) is 1. The van der Waals surface area contributed by atoms with Crippen LogP contribution in [0.2, 0.25) is 0 Å². The summed E-state index contributed by atoms with van der Waals surface area (Å²) in [6.45, 7) is 0.541. The number of allylic oxidation sites excluding steroid dienone is 2. The van der Waals surface area contributed by atoms with Gasteiger partial charge in [-0.1, -0.05) is 36.4 Å². The molecule has 2 aromatic carbocycles. The molecule has 1 fully saturated rings. The van der Waals surface area contributed by atoms with E-state index in [1.807, 2.05) is 19.1 Å². The topological polar surface area (TPSA) is 9.23 Å². The van der Waals surface area contributed by atoms with E-state index in [1.54, 1.807) is 12.1 Å². The number of halogens is 4. The van der Waals surface area contributed by atoms with Crippen LogP contribution in [0, 0.1) is 11.7 Å². The van der Waals surface area contributed by atoms with E-state index in [2.05, 4.69) is 16.9 Å². The van der Waals surface area contributed by atoms with Gasteiger partial charge in [0.15, 0.2) is 18.2 Å². The molecular formula is C21H22F4O. The third-order valence-electron chi connectivity index (χ3n) is 5.04. The molecule has 0 aromatic heterocycles. The second-order valence-electron chi connectivity index (χ2n) is 6.90. The molecule has 0 N–H and O–H groups in total. The van der Waals surface area contributed by atoms with Crippen LogP contribution in [-0.2, 0) is 0 Å². The van der Waals surface area contributed by atoms with Gasteiger partial charge in [-0.05, 0) is 61.5 Å². The summed E-state index contributed by atoms with van der Waals surface area (Å²) in [4.78, 5) is 0. The fraction of sp³-hybridized carbons (Fsp3) is 0.429. The molecule has 0 radical (unpaired) electrons. The normalized spacial score (nSPS) is 21.4. The molecule has 140 valence electrons. The minimum Gasteiger partial charge on any atom is -0.481 e. The van der Waals surface area contributed by atoms with Crippen molar-refractivity contribution in [2.45, 2.75) is 44.7 Å². The summed E-state index contributed by atoms with van der Waals surface area (Å²) in [5.74, 6) is -0.0165. The molecule has 0 heterocycles. The zero-order valence-electron chi connectivity index (χ0n) is 14.7. The zero-order chi connectivity index (χ0) is 18.7. The Balaban J connectivity index is 1.77. The molecule has 5 heteroatoms. The van der Waals surface area contributed by atoms with Crippen molar-refractivity contribution >= 4 is 10.8 Å². The number of fused-ring (bicyclic) bond motifs is 1. The number of alkyl halides is 3. The van der Waals surface area contributed by atoms with Gasteiger partial charge in [-0.25, -0.2) is 4.39 Å². The van der Waals surface area contributed by atoms with E-state index in [0.29, 0.717) is 17.2 Å². The third kappa shape index (κ3) is 4.37. The van der Waals surface area contributed by atoms with Gasteiger partial charge in [0.05, 0.1) is 0 Å². The van der Waals surface area contributed by atoms with Crippen molar-refractivity contribution in [2.24, 2.45) is 5.92 Å². The van der Waals surface area contributed by atoms with Gasteiger partial charge in [0, 0.05) is 5.39 Å². The van der Waals surface area contributed by atoms with E-state index < -0.39 is 18.6 Å². The molecule has 0 bridgehead atoms. The maximum absolute atomic E-state index is 14.5. The Morgan fingerprint density at radius 2 is 1.81 bits per heavy atom. The van der Waals surface area contributed by atoms with Crippen LogP contribution in [0.5, 0.6) is 5.75 Å². The zero-order valence-corrected chi connectivity index (χ0v) is 14.7. The minimum atomic E-state index is -4.49. The number of rotatable bonds is 4. The molecule has 1 aliphatic rings. The van der Waals surface area contributed by atoms with E-state index in [4.69, 9.17) is 0 Å². The lowest BCUT2D eigenvalue weighted by Crippen LogP contribution is -2.19. The summed E-state index contributed by atoms with van der Waals surface area (Å²) in [6.07, 6.45) is 4.34. The fourth-order valence-electron chi connectivity index (χ4n) is 3.73. The van der Waals surface area contributed by atoms with Crippen molar-refractivity contribution in [1.29, 1.82) is 0 Å². The predicted molar refractivity (Wildman–Crippen MR) is 95.0 cm³/mol. The Morgan fingerprint density at radius 3 is 2.46 bits per heavy atom. The molecule has 1 nitrogen and oxygen atoms in total. The van der Waals surface area contributed by atoms with Crippen LogP contribution in [0.25, 0.3) is 10.8 Å². The van der Waals surface area contributed by atoms with Crippen LogP contribution in [0.1, 0.15) is 44.1 Å². The maximum atomic E-state index is 14.5. The van der Waals surface area contributed by atoms with Crippen LogP contribution >= 0.6 is 0 Å². The molecule has 1 saturated carbocycles. The Bertz CT molecular complexity index is 786. The second kappa shape index (κ2) is 7.68. The highest BCUT2D eigenvalue weighted by Crippen LogP contribution is 2.38. The van der Waals surface area contributed by atoms with Gasteiger partial charge in [-0.15, -0.1) is 0 Å². The standard InChI is InChI=1S/C21H22F4O/c1-2-3-14-4-6-15(7-5-14)16-8-10-18-17(12-16)9-11-19(20(18)22)26-13-21(23,24)25/h2-3,8-12,14-15H,4-7,13H2,1H3/b3-2+. The molecule has 0 atom stereocenters. The number of hydrogen-bond donors (Lipinski definition) is 0. The molecule has 0 unspecified atom stereocenters. The van der Waals surface area contributed by atoms with Crippen LogP contribution in [0.3, 0.4) is 0 Å². The average Bonchev–Trinajstić information content (AvgIpc) is 2.61. The molecule has 3 rings (SSSR count). The quantitative estimate of drug-likeness (QED) is 0.428. The van der Waals surface area contributed by atoms with Gasteiger partial charge >= 0.3 is 6.18 Å². The van der Waals surface area contributed by atoms with Crippen molar-refractivity contribution < 1.29 is 22.3 Å². The Kier molecular flexibility index (Phi) is 5.54. The lowest BCUT2D eigenvalue weighted by atomic mass is 9.78. The van der Waals surface area contributed by atoms with Crippen molar-refractivity contribution in [3.63, 3.8) is 0 Å². The Morgan fingerprint density at radius 1 is 1.08 bits per heavy atom. The average molecular weight is 366 g/mol. The monoisotopic (exact) mass is 366 g/mol.